The van der Waals surface area contributed by atoms with Crippen molar-refractivity contribution < 1.29 is 22.7 Å². The van der Waals surface area contributed by atoms with Crippen LogP contribution in [0.1, 0.15) is 18.4 Å². The van der Waals surface area contributed by atoms with Crippen LogP contribution in [0.4, 0.5) is 0 Å². The van der Waals surface area contributed by atoms with Crippen LogP contribution in [0.2, 0.25) is 0 Å². The Kier molecular flexibility index (Phi) is 6.83. The molecule has 0 saturated carbocycles. The van der Waals surface area contributed by atoms with Gasteiger partial charge in [-0.1, -0.05) is 0 Å². The molecule has 0 spiro atoms. The normalized spacial score (nSPS) is 17.6. The second-order valence-corrected chi connectivity index (χ2v) is 9.02. The monoisotopic (exact) mass is 499 g/mol. The molecule has 4 aromatic rings. The molecule has 3 aromatic heterocycles. The maximum absolute atomic E-state index is 11.1. The summed E-state index contributed by atoms with van der Waals surface area (Å²) in [5, 5.41) is 16.6. The molecule has 35 heavy (non-hydrogen) atoms. The third-order valence-corrected chi connectivity index (χ3v) is 6.17. The number of morpholine rings is 1. The molecule has 1 aliphatic heterocycles. The highest BCUT2D eigenvalue weighted by molar-refractivity contribution is 7.77. The minimum Gasteiger partial charge on any atom is -0.481 e. The summed E-state index contributed by atoms with van der Waals surface area (Å²) in [7, 11) is 1.50. The van der Waals surface area contributed by atoms with E-state index in [2.05, 4.69) is 35.0 Å². The highest BCUT2D eigenvalue weighted by Gasteiger charge is 2.21. The molecule has 4 heterocycles. The van der Waals surface area contributed by atoms with Crippen LogP contribution < -0.4 is 9.46 Å². The van der Waals surface area contributed by atoms with E-state index in [0.717, 1.165) is 40.7 Å². The average molecular weight is 500 g/mol. The van der Waals surface area contributed by atoms with E-state index in [9.17, 15) is 4.21 Å². The molecule has 5 rings (SSSR count). The van der Waals surface area contributed by atoms with Gasteiger partial charge in [-0.05, 0) is 30.7 Å². The lowest BCUT2D eigenvalue weighted by molar-refractivity contribution is -0.0235. The first kappa shape index (κ1) is 23.5. The zero-order chi connectivity index (χ0) is 24.4. The number of aromatic nitrogens is 5. The van der Waals surface area contributed by atoms with Crippen molar-refractivity contribution in [2.24, 2.45) is 0 Å². The van der Waals surface area contributed by atoms with E-state index in [-0.39, 0.29) is 12.6 Å². The Morgan fingerprint density at radius 3 is 2.97 bits per heavy atom. The predicted octanol–water partition coefficient (Wildman–Crippen LogP) is 2.13. The summed E-state index contributed by atoms with van der Waals surface area (Å²) in [5.41, 5.74) is 3.79. The lowest BCUT2D eigenvalue weighted by Gasteiger charge is -2.29. The first-order chi connectivity index (χ1) is 17.0. The van der Waals surface area contributed by atoms with E-state index in [0.29, 0.717) is 36.4 Å². The van der Waals surface area contributed by atoms with Gasteiger partial charge in [0.1, 0.15) is 0 Å². The summed E-state index contributed by atoms with van der Waals surface area (Å²) in [6.45, 7) is 5.02. The molecule has 0 amide bonds. The van der Waals surface area contributed by atoms with Crippen LogP contribution >= 0.6 is 0 Å². The topological polar surface area (TPSA) is 152 Å². The van der Waals surface area contributed by atoms with Crippen LogP contribution in [0.15, 0.2) is 35.0 Å². The fourth-order valence-corrected chi connectivity index (χ4v) is 4.43. The quantitative estimate of drug-likeness (QED) is 0.307. The highest BCUT2D eigenvalue weighted by Crippen LogP contribution is 2.34. The van der Waals surface area contributed by atoms with E-state index in [1.807, 2.05) is 25.1 Å². The average Bonchev–Trinajstić information content (AvgIpc) is 3.51. The molecular formula is C22H25N7O5S. The standard InChI is InChI=1S/C22H25N7O5S/c1-13-11-29(3-4-33-13)12-20-27-28-22(34-20)17-6-14(7-19-18(17)10-24-26-19)15-5-16(9-25-35(30)31)21(32-2)23-8-15/h5-8,10,13,25H,3-4,9,11-12H2,1-2H3,(H,24,26)(H,30,31). The Balaban J connectivity index is 1.48. The molecule has 1 aliphatic rings. The largest absolute Gasteiger partial charge is 0.481 e. The molecule has 184 valence electrons. The van der Waals surface area contributed by atoms with Crippen molar-refractivity contribution in [1.82, 2.24) is 35.0 Å². The smallest absolute Gasteiger partial charge is 0.248 e. The van der Waals surface area contributed by atoms with Crippen LogP contribution in [0.25, 0.3) is 33.5 Å². The number of fused-ring (bicyclic) bond motifs is 1. The molecule has 0 aliphatic carbocycles. The fourth-order valence-electron chi connectivity index (χ4n) is 4.15. The van der Waals surface area contributed by atoms with Gasteiger partial charge in [-0.15, -0.1) is 10.2 Å². The van der Waals surface area contributed by atoms with Crippen LogP contribution in [0, 0.1) is 0 Å². The van der Waals surface area contributed by atoms with E-state index in [4.69, 9.17) is 18.4 Å². The molecule has 2 unspecified atom stereocenters. The molecule has 13 heteroatoms. The Morgan fingerprint density at radius 2 is 2.17 bits per heavy atom. The Morgan fingerprint density at radius 1 is 1.29 bits per heavy atom. The van der Waals surface area contributed by atoms with Gasteiger partial charge in [0.15, 0.2) is 0 Å². The third kappa shape index (κ3) is 5.23. The van der Waals surface area contributed by atoms with Crippen molar-refractivity contribution in [3.8, 4) is 28.5 Å². The van der Waals surface area contributed by atoms with Gasteiger partial charge >= 0.3 is 0 Å². The second kappa shape index (κ2) is 10.2. The molecule has 1 aromatic carbocycles. The molecule has 1 fully saturated rings. The van der Waals surface area contributed by atoms with Gasteiger partial charge in [-0.25, -0.2) is 13.9 Å². The molecular weight excluding hydrogens is 474 g/mol. The maximum atomic E-state index is 11.1. The van der Waals surface area contributed by atoms with Crippen molar-refractivity contribution in [3.63, 3.8) is 0 Å². The summed E-state index contributed by atoms with van der Waals surface area (Å²) in [6.07, 6.45) is 3.57. The van der Waals surface area contributed by atoms with E-state index >= 15 is 0 Å². The predicted molar refractivity (Wildman–Crippen MR) is 127 cm³/mol. The minimum atomic E-state index is -2.16. The Bertz CT molecular complexity index is 1360. The van der Waals surface area contributed by atoms with Crippen molar-refractivity contribution in [1.29, 1.82) is 0 Å². The first-order valence-electron chi connectivity index (χ1n) is 11.0. The van der Waals surface area contributed by atoms with Crippen LogP contribution in [0.5, 0.6) is 5.88 Å². The summed E-state index contributed by atoms with van der Waals surface area (Å²) < 4.78 is 39.6. The number of hydrogen-bond acceptors (Lipinski definition) is 9. The van der Waals surface area contributed by atoms with Crippen molar-refractivity contribution in [2.45, 2.75) is 26.1 Å². The van der Waals surface area contributed by atoms with E-state index in [1.165, 1.54) is 7.11 Å². The van der Waals surface area contributed by atoms with E-state index < -0.39 is 11.3 Å². The summed E-state index contributed by atoms with van der Waals surface area (Å²) in [4.78, 5) is 6.59. The molecule has 3 N–H and O–H groups in total. The van der Waals surface area contributed by atoms with Gasteiger partial charge in [0, 0.05) is 42.3 Å². The number of H-pyrrole nitrogens is 1. The van der Waals surface area contributed by atoms with Gasteiger partial charge in [0.25, 0.3) is 0 Å². The highest BCUT2D eigenvalue weighted by atomic mass is 32.2. The van der Waals surface area contributed by atoms with Crippen LogP contribution in [0.3, 0.4) is 0 Å². The Labute approximate surface area is 203 Å². The number of methoxy groups -OCH3 is 1. The zero-order valence-electron chi connectivity index (χ0n) is 19.2. The molecule has 0 radical (unpaired) electrons. The molecule has 2 atom stereocenters. The summed E-state index contributed by atoms with van der Waals surface area (Å²) in [5.74, 6) is 1.30. The Hall–Kier alpha value is -3.23. The van der Waals surface area contributed by atoms with Gasteiger partial charge in [-0.3, -0.25) is 14.6 Å². The first-order valence-corrected chi connectivity index (χ1v) is 12.1. The number of nitrogens with zero attached hydrogens (tertiary/aromatic N) is 5. The summed E-state index contributed by atoms with van der Waals surface area (Å²) in [6, 6.07) is 5.74. The SMILES string of the molecule is COc1ncc(-c2cc(-c3nnc(CN4CCOC(C)C4)o3)c3cn[nH]c3c2)cc1CNS(=O)O. The fraction of sp³-hybridized carbons (Fsp3) is 0.364. The lowest BCUT2D eigenvalue weighted by atomic mass is 10.0. The zero-order valence-corrected chi connectivity index (χ0v) is 20.0. The van der Waals surface area contributed by atoms with Crippen molar-refractivity contribution in [2.75, 3.05) is 26.8 Å². The van der Waals surface area contributed by atoms with Crippen molar-refractivity contribution in [3.05, 3.63) is 42.0 Å². The number of hydrogen-bond donors (Lipinski definition) is 3. The van der Waals surface area contributed by atoms with Gasteiger partial charge < -0.3 is 13.9 Å². The number of nitrogens with one attached hydrogen (secondary N) is 2. The summed E-state index contributed by atoms with van der Waals surface area (Å²) >= 11 is -2.16. The van der Waals surface area contributed by atoms with Gasteiger partial charge in [-0.2, -0.15) is 5.10 Å². The number of aromatic amines is 1. The molecule has 1 saturated heterocycles. The molecule has 12 nitrogen and oxygen atoms in total. The maximum Gasteiger partial charge on any atom is 0.248 e. The number of ether oxygens (including phenoxy) is 2. The number of pyridine rings is 1. The minimum absolute atomic E-state index is 0.111. The van der Waals surface area contributed by atoms with Gasteiger partial charge in [0.2, 0.25) is 28.9 Å². The van der Waals surface area contributed by atoms with E-state index in [1.54, 1.807) is 12.4 Å². The van der Waals surface area contributed by atoms with Gasteiger partial charge in [0.05, 0.1) is 43.6 Å². The molecule has 0 bridgehead atoms. The lowest BCUT2D eigenvalue weighted by Crippen LogP contribution is -2.40. The third-order valence-electron chi connectivity index (χ3n) is 5.78. The number of benzene rings is 1. The van der Waals surface area contributed by atoms with Crippen LogP contribution in [-0.4, -0.2) is 72.0 Å². The number of rotatable bonds is 8. The second-order valence-electron chi connectivity index (χ2n) is 8.24. The van der Waals surface area contributed by atoms with Crippen LogP contribution in [-0.2, 0) is 29.1 Å². The van der Waals surface area contributed by atoms with Crippen molar-refractivity contribution >= 4 is 22.2 Å².